The maximum absolute atomic E-state index is 11.1. The van der Waals surface area contributed by atoms with E-state index in [1.807, 2.05) is 30.3 Å². The summed E-state index contributed by atoms with van der Waals surface area (Å²) in [5, 5.41) is 22.4. The van der Waals surface area contributed by atoms with Crippen LogP contribution < -0.4 is 5.73 Å². The van der Waals surface area contributed by atoms with Crippen LogP contribution in [0.25, 0.3) is 10.9 Å². The van der Waals surface area contributed by atoms with Crippen LogP contribution in [-0.2, 0) is 0 Å². The average molecular weight is 372 g/mol. The Balaban J connectivity index is 1.99. The average Bonchev–Trinajstić information content (AvgIpc) is 3.02. The van der Waals surface area contributed by atoms with Crippen LogP contribution in [0.1, 0.15) is 11.1 Å². The van der Waals surface area contributed by atoms with Crippen LogP contribution in [0.2, 0.25) is 0 Å². The van der Waals surface area contributed by atoms with Crippen molar-refractivity contribution in [3.8, 4) is 5.88 Å². The fourth-order valence-electron chi connectivity index (χ4n) is 3.10. The molecule has 1 heterocycles. The normalized spacial score (nSPS) is 11.6. The number of rotatable bonds is 4. The molecule has 1 aromatic heterocycles. The summed E-state index contributed by atoms with van der Waals surface area (Å²) >= 11 is 0. The van der Waals surface area contributed by atoms with E-state index >= 15 is 0 Å². The van der Waals surface area contributed by atoms with Gasteiger partial charge >= 0.3 is 0 Å². The lowest BCUT2D eigenvalue weighted by atomic mass is 10.0. The van der Waals surface area contributed by atoms with Crippen molar-refractivity contribution in [2.24, 2.45) is 4.99 Å². The second-order valence-corrected chi connectivity index (χ2v) is 6.26. The van der Waals surface area contributed by atoms with Crippen LogP contribution in [0.15, 0.2) is 77.8 Å². The minimum atomic E-state index is -0.467. The predicted molar refractivity (Wildman–Crippen MR) is 109 cm³/mol. The molecule has 7 nitrogen and oxygen atoms in total. The molecular weight excluding hydrogens is 356 g/mol. The minimum absolute atomic E-state index is 0.0476. The Hall–Kier alpha value is -4.13. The molecule has 0 aliphatic heterocycles. The molecule has 0 atom stereocenters. The van der Waals surface area contributed by atoms with E-state index < -0.39 is 4.92 Å². The molecule has 0 amide bonds. The lowest BCUT2D eigenvalue weighted by Crippen LogP contribution is -2.03. The van der Waals surface area contributed by atoms with Gasteiger partial charge in [0, 0.05) is 34.3 Å². The molecule has 0 saturated heterocycles. The number of hydrogen-bond acceptors (Lipinski definition) is 5. The predicted octanol–water partition coefficient (Wildman–Crippen LogP) is 4.53. The second-order valence-electron chi connectivity index (χ2n) is 6.26. The molecule has 7 heteroatoms. The highest BCUT2D eigenvalue weighted by molar-refractivity contribution is 6.22. The molecule has 0 aliphatic rings. The zero-order valence-corrected chi connectivity index (χ0v) is 14.7. The Kier molecular flexibility index (Phi) is 4.25. The number of nitrogens with two attached hydrogens (primary N) is 1. The molecule has 0 aliphatic carbocycles. The van der Waals surface area contributed by atoms with E-state index in [4.69, 9.17) is 5.73 Å². The summed E-state index contributed by atoms with van der Waals surface area (Å²) in [6, 6.07) is 20.6. The zero-order chi connectivity index (χ0) is 19.7. The van der Waals surface area contributed by atoms with Crippen LogP contribution in [0.3, 0.4) is 0 Å². The van der Waals surface area contributed by atoms with E-state index in [9.17, 15) is 15.2 Å². The van der Waals surface area contributed by atoms with Crippen molar-refractivity contribution in [1.82, 2.24) is 4.98 Å². The maximum Gasteiger partial charge on any atom is 0.271 e. The van der Waals surface area contributed by atoms with Crippen molar-refractivity contribution < 1.29 is 10.0 Å². The van der Waals surface area contributed by atoms with Gasteiger partial charge in [-0.05, 0) is 24.3 Å². The highest BCUT2D eigenvalue weighted by atomic mass is 16.6. The molecule has 0 saturated carbocycles. The van der Waals surface area contributed by atoms with Crippen molar-refractivity contribution in [3.05, 3.63) is 94.0 Å². The number of aromatic nitrogens is 1. The van der Waals surface area contributed by atoms with Gasteiger partial charge in [-0.25, -0.2) is 4.99 Å². The Morgan fingerprint density at radius 3 is 2.57 bits per heavy atom. The molecule has 4 aromatic rings. The molecule has 0 radical (unpaired) electrons. The Morgan fingerprint density at radius 2 is 1.82 bits per heavy atom. The number of nitro groups is 1. The zero-order valence-electron chi connectivity index (χ0n) is 14.7. The number of nitrogens with zero attached hydrogens (tertiary/aromatic N) is 2. The Labute approximate surface area is 159 Å². The van der Waals surface area contributed by atoms with E-state index in [1.165, 1.54) is 12.1 Å². The number of H-pyrrole nitrogens is 1. The fraction of sp³-hybridized carbons (Fsp3) is 0. The first-order chi connectivity index (χ1) is 13.5. The van der Waals surface area contributed by atoms with Gasteiger partial charge in [-0.1, -0.05) is 36.4 Å². The van der Waals surface area contributed by atoms with Gasteiger partial charge < -0.3 is 15.8 Å². The number of aromatic hydroxyl groups is 1. The Bertz CT molecular complexity index is 1210. The number of aliphatic imine (C=N–C) groups is 1. The molecule has 28 heavy (non-hydrogen) atoms. The van der Waals surface area contributed by atoms with E-state index in [0.29, 0.717) is 33.6 Å². The van der Waals surface area contributed by atoms with Gasteiger partial charge in [-0.3, -0.25) is 10.1 Å². The first kappa shape index (κ1) is 17.3. The molecule has 0 bridgehead atoms. The number of aromatic amines is 1. The SMILES string of the molecule is Nc1ccc2[nH]c(O)c(C(=Nc3cccc([N+](=O)[O-])c3)c3ccccc3)c2c1. The summed E-state index contributed by atoms with van der Waals surface area (Å²) in [4.78, 5) is 18.2. The molecule has 0 unspecified atom stereocenters. The molecule has 3 aromatic carbocycles. The third-order valence-corrected chi connectivity index (χ3v) is 4.37. The standard InChI is InChI=1S/C21H16N4O3/c22-14-9-10-18-17(11-14)19(21(26)24-18)20(13-5-2-1-3-6-13)23-15-7-4-8-16(12-15)25(27)28/h1-12,24,26H,22H2. The van der Waals surface area contributed by atoms with Crippen LogP contribution in [-0.4, -0.2) is 20.7 Å². The van der Waals surface area contributed by atoms with E-state index in [1.54, 1.807) is 30.3 Å². The summed E-state index contributed by atoms with van der Waals surface area (Å²) < 4.78 is 0. The number of hydrogen-bond donors (Lipinski definition) is 3. The summed E-state index contributed by atoms with van der Waals surface area (Å²) in [5.41, 5.74) is 9.28. The van der Waals surface area contributed by atoms with Crippen molar-refractivity contribution in [1.29, 1.82) is 0 Å². The van der Waals surface area contributed by atoms with E-state index in [2.05, 4.69) is 9.98 Å². The molecule has 4 rings (SSSR count). The van der Waals surface area contributed by atoms with Gasteiger partial charge in [0.1, 0.15) is 0 Å². The van der Waals surface area contributed by atoms with Crippen molar-refractivity contribution in [2.45, 2.75) is 0 Å². The van der Waals surface area contributed by atoms with Gasteiger partial charge in [0.15, 0.2) is 5.88 Å². The maximum atomic E-state index is 11.1. The molecule has 4 N–H and O–H groups in total. The van der Waals surface area contributed by atoms with Crippen LogP contribution in [0, 0.1) is 10.1 Å². The summed E-state index contributed by atoms with van der Waals surface area (Å²) in [7, 11) is 0. The monoisotopic (exact) mass is 372 g/mol. The quantitative estimate of drug-likeness (QED) is 0.211. The lowest BCUT2D eigenvalue weighted by Gasteiger charge is -2.08. The van der Waals surface area contributed by atoms with Crippen molar-refractivity contribution in [3.63, 3.8) is 0 Å². The lowest BCUT2D eigenvalue weighted by molar-refractivity contribution is -0.384. The third kappa shape index (κ3) is 3.16. The number of benzene rings is 3. The van der Waals surface area contributed by atoms with Gasteiger partial charge in [-0.2, -0.15) is 0 Å². The smallest absolute Gasteiger partial charge is 0.271 e. The molecular formula is C21H16N4O3. The van der Waals surface area contributed by atoms with Crippen molar-refractivity contribution in [2.75, 3.05) is 5.73 Å². The highest BCUT2D eigenvalue weighted by Crippen LogP contribution is 2.33. The number of nitrogen functional groups attached to an aromatic ring is 1. The summed E-state index contributed by atoms with van der Waals surface area (Å²) in [6.07, 6.45) is 0. The number of nitro benzene ring substituents is 1. The van der Waals surface area contributed by atoms with Crippen molar-refractivity contribution >= 4 is 33.7 Å². The molecule has 0 spiro atoms. The van der Waals surface area contributed by atoms with Crippen LogP contribution in [0.4, 0.5) is 17.1 Å². The number of anilines is 1. The summed E-state index contributed by atoms with van der Waals surface area (Å²) in [5.74, 6) is -0.0476. The van der Waals surface area contributed by atoms with Gasteiger partial charge in [0.25, 0.3) is 5.69 Å². The van der Waals surface area contributed by atoms with Crippen LogP contribution in [0.5, 0.6) is 5.88 Å². The van der Waals surface area contributed by atoms with Gasteiger partial charge in [-0.15, -0.1) is 0 Å². The largest absolute Gasteiger partial charge is 0.494 e. The topological polar surface area (TPSA) is 118 Å². The van der Waals surface area contributed by atoms with Gasteiger partial charge in [0.05, 0.1) is 21.9 Å². The molecule has 0 fully saturated rings. The minimum Gasteiger partial charge on any atom is -0.494 e. The van der Waals surface area contributed by atoms with E-state index in [-0.39, 0.29) is 11.6 Å². The molecule has 138 valence electrons. The Morgan fingerprint density at radius 1 is 1.04 bits per heavy atom. The number of nitrogens with one attached hydrogen (secondary N) is 1. The number of fused-ring (bicyclic) bond motifs is 1. The van der Waals surface area contributed by atoms with Crippen LogP contribution >= 0.6 is 0 Å². The van der Waals surface area contributed by atoms with Gasteiger partial charge in [0.2, 0.25) is 0 Å². The summed E-state index contributed by atoms with van der Waals surface area (Å²) in [6.45, 7) is 0. The highest BCUT2D eigenvalue weighted by Gasteiger charge is 2.19. The first-order valence-electron chi connectivity index (χ1n) is 8.52. The fourth-order valence-corrected chi connectivity index (χ4v) is 3.10. The number of non-ortho nitro benzene ring substituents is 1. The van der Waals surface area contributed by atoms with E-state index in [0.717, 1.165) is 5.56 Å². The third-order valence-electron chi connectivity index (χ3n) is 4.37. The first-order valence-corrected chi connectivity index (χ1v) is 8.52. The second kappa shape index (κ2) is 6.88.